The van der Waals surface area contributed by atoms with E-state index in [4.69, 9.17) is 9.47 Å². The maximum Gasteiger partial charge on any atom is 0.302 e. The van der Waals surface area contributed by atoms with Crippen molar-refractivity contribution in [3.63, 3.8) is 0 Å². The predicted molar refractivity (Wildman–Crippen MR) is 76.2 cm³/mol. The van der Waals surface area contributed by atoms with Crippen LogP contribution in [-0.2, 0) is 19.1 Å². The first-order chi connectivity index (χ1) is 10.5. The number of aromatic nitrogens is 4. The molecule has 1 aromatic heterocycles. The number of aromatic amines is 1. The molecule has 0 aliphatic carbocycles. The van der Waals surface area contributed by atoms with E-state index in [0.717, 1.165) is 5.57 Å². The van der Waals surface area contributed by atoms with Crippen molar-refractivity contribution in [1.29, 1.82) is 0 Å². The molecule has 9 nitrogen and oxygen atoms in total. The van der Waals surface area contributed by atoms with Crippen molar-refractivity contribution >= 4 is 29.3 Å². The minimum Gasteiger partial charge on any atom is -0.461 e. The van der Waals surface area contributed by atoms with E-state index >= 15 is 0 Å². The first-order valence-corrected chi connectivity index (χ1v) is 7.60. The Hall–Kier alpha value is -1.94. The van der Waals surface area contributed by atoms with Crippen LogP contribution >= 0.6 is 11.8 Å². The molecule has 0 spiro atoms. The van der Waals surface area contributed by atoms with E-state index in [2.05, 4.69) is 20.6 Å². The van der Waals surface area contributed by atoms with Gasteiger partial charge in [-0.3, -0.25) is 14.5 Å². The minimum atomic E-state index is -0.478. The first-order valence-electron chi connectivity index (χ1n) is 6.66. The lowest BCUT2D eigenvalue weighted by molar-refractivity contribution is -0.155. The highest BCUT2D eigenvalue weighted by atomic mass is 32.2. The van der Waals surface area contributed by atoms with Gasteiger partial charge in [-0.1, -0.05) is 0 Å². The largest absolute Gasteiger partial charge is 0.461 e. The van der Waals surface area contributed by atoms with Gasteiger partial charge in [0.1, 0.15) is 12.0 Å². The smallest absolute Gasteiger partial charge is 0.302 e. The van der Waals surface area contributed by atoms with Crippen LogP contribution in [0.4, 0.5) is 0 Å². The van der Waals surface area contributed by atoms with Gasteiger partial charge in [0.05, 0.1) is 5.70 Å². The number of amides is 1. The highest BCUT2D eigenvalue weighted by molar-refractivity contribution is 8.00. The number of carbonyl (C=O) groups is 2. The van der Waals surface area contributed by atoms with Gasteiger partial charge < -0.3 is 9.47 Å². The van der Waals surface area contributed by atoms with Gasteiger partial charge in [-0.2, -0.15) is 0 Å². The Morgan fingerprint density at radius 2 is 2.27 bits per heavy atom. The number of methoxy groups -OCH3 is 1. The number of hydrogen-bond acceptors (Lipinski definition) is 8. The number of nitrogens with one attached hydrogen (secondary N) is 1. The fraction of sp³-hybridized carbons (Fsp3) is 0.583. The van der Waals surface area contributed by atoms with E-state index in [1.54, 1.807) is 16.7 Å². The summed E-state index contributed by atoms with van der Waals surface area (Å²) in [6.07, 6.45) is -0.478. The Labute approximate surface area is 130 Å². The molecule has 1 aromatic rings. The first kappa shape index (κ1) is 15.0. The van der Waals surface area contributed by atoms with E-state index < -0.39 is 6.10 Å². The summed E-state index contributed by atoms with van der Waals surface area (Å²) in [5.41, 5.74) is 1.36. The molecule has 3 rings (SSSR count). The number of hydrogen-bond donors (Lipinski definition) is 1. The average molecular weight is 325 g/mol. The van der Waals surface area contributed by atoms with Gasteiger partial charge in [-0.25, -0.2) is 5.10 Å². The van der Waals surface area contributed by atoms with Gasteiger partial charge in [0.25, 0.3) is 5.91 Å². The van der Waals surface area contributed by atoms with E-state index in [0.29, 0.717) is 11.5 Å². The zero-order chi connectivity index (χ0) is 15.9. The van der Waals surface area contributed by atoms with Crippen LogP contribution in [0.5, 0.6) is 0 Å². The van der Waals surface area contributed by atoms with Crippen molar-refractivity contribution in [1.82, 2.24) is 25.5 Å². The van der Waals surface area contributed by atoms with Crippen LogP contribution in [0.2, 0.25) is 0 Å². The van der Waals surface area contributed by atoms with Gasteiger partial charge in [0.15, 0.2) is 11.9 Å². The van der Waals surface area contributed by atoms with Crippen molar-refractivity contribution in [2.75, 3.05) is 13.7 Å². The Morgan fingerprint density at radius 3 is 2.86 bits per heavy atom. The second-order valence-corrected chi connectivity index (χ2v) is 6.40. The van der Waals surface area contributed by atoms with Gasteiger partial charge in [0.2, 0.25) is 0 Å². The fourth-order valence-corrected chi connectivity index (χ4v) is 4.02. The van der Waals surface area contributed by atoms with Gasteiger partial charge in [-0.05, 0) is 17.4 Å². The topological polar surface area (TPSA) is 110 Å². The summed E-state index contributed by atoms with van der Waals surface area (Å²) in [7, 11) is 1.51. The molecule has 1 amide bonds. The number of rotatable bonds is 4. The molecule has 10 heteroatoms. The molecular weight excluding hydrogens is 310 g/mol. The molecule has 1 fully saturated rings. The van der Waals surface area contributed by atoms with Crippen LogP contribution in [-0.4, -0.2) is 67.8 Å². The fourth-order valence-electron chi connectivity index (χ4n) is 2.55. The molecule has 22 heavy (non-hydrogen) atoms. The summed E-state index contributed by atoms with van der Waals surface area (Å²) in [4.78, 5) is 25.0. The molecule has 0 radical (unpaired) electrons. The standard InChI is InChI=1S/C12H15N5O4S/c1-5-7(4-21-6(2)18)8(10-13-15-16-14-10)17-11(19)9(20-3)12(17)22-5/h5,9,12H,4H2,1-3H3,(H,13,14,15,16)/t5?,9-,12+/m0/s1. The summed E-state index contributed by atoms with van der Waals surface area (Å²) in [6.45, 7) is 3.42. The number of thioether (sulfide) groups is 1. The van der Waals surface area contributed by atoms with Gasteiger partial charge in [0, 0.05) is 24.9 Å². The maximum absolute atomic E-state index is 12.3. The van der Waals surface area contributed by atoms with Gasteiger partial charge >= 0.3 is 5.97 Å². The molecule has 1 unspecified atom stereocenters. The maximum atomic E-state index is 12.3. The summed E-state index contributed by atoms with van der Waals surface area (Å²) in [5, 5.41) is 13.6. The van der Waals surface area contributed by atoms with E-state index in [1.807, 2.05) is 6.92 Å². The lowest BCUT2D eigenvalue weighted by atomic mass is 10.0. The predicted octanol–water partition coefficient (Wildman–Crippen LogP) is -0.207. The lowest BCUT2D eigenvalue weighted by Crippen LogP contribution is -2.65. The monoisotopic (exact) mass is 325 g/mol. The van der Waals surface area contributed by atoms with Crippen LogP contribution < -0.4 is 0 Å². The summed E-state index contributed by atoms with van der Waals surface area (Å²) in [5.74, 6) is -0.160. The number of carbonyl (C=O) groups excluding carboxylic acids is 2. The Kier molecular flexibility index (Phi) is 3.87. The highest BCUT2D eigenvalue weighted by Gasteiger charge is 2.54. The van der Waals surface area contributed by atoms with Crippen LogP contribution in [0.15, 0.2) is 5.57 Å². The number of tetrazole rings is 1. The van der Waals surface area contributed by atoms with E-state index in [9.17, 15) is 9.59 Å². The number of β-lactam (4-membered cyclic amide) rings is 1. The summed E-state index contributed by atoms with van der Waals surface area (Å²) >= 11 is 1.58. The number of ether oxygens (including phenoxy) is 2. The number of H-pyrrole nitrogens is 1. The SMILES string of the molecule is CO[C@H]1C(=O)N2C(c3nnn[nH]3)=C(COC(C)=O)C(C)S[C@H]12. The summed E-state index contributed by atoms with van der Waals surface area (Å²) < 4.78 is 10.3. The molecule has 0 aromatic carbocycles. The molecule has 118 valence electrons. The van der Waals surface area contributed by atoms with Crippen molar-refractivity contribution in [2.24, 2.45) is 0 Å². The van der Waals surface area contributed by atoms with Crippen molar-refractivity contribution in [2.45, 2.75) is 30.6 Å². The normalized spacial score (nSPS) is 27.5. The van der Waals surface area contributed by atoms with Crippen LogP contribution in [0.3, 0.4) is 0 Å². The van der Waals surface area contributed by atoms with E-state index in [-0.39, 0.29) is 29.1 Å². The number of nitrogens with zero attached hydrogens (tertiary/aromatic N) is 4. The van der Waals surface area contributed by atoms with Gasteiger partial charge in [-0.15, -0.1) is 16.9 Å². The average Bonchev–Trinajstić information content (AvgIpc) is 2.99. The van der Waals surface area contributed by atoms with Crippen molar-refractivity contribution in [3.05, 3.63) is 11.4 Å². The third-order valence-corrected chi connectivity index (χ3v) is 5.06. The van der Waals surface area contributed by atoms with Crippen LogP contribution in [0.1, 0.15) is 19.7 Å². The number of fused-ring (bicyclic) bond motifs is 1. The number of esters is 1. The highest BCUT2D eigenvalue weighted by Crippen LogP contribution is 2.47. The summed E-state index contributed by atoms with van der Waals surface area (Å²) in [6, 6.07) is 0. The quantitative estimate of drug-likeness (QED) is 0.598. The molecular formula is C12H15N5O4S. The second-order valence-electron chi connectivity index (χ2n) is 4.94. The molecule has 2 aliphatic heterocycles. The van der Waals surface area contributed by atoms with E-state index in [1.165, 1.54) is 14.0 Å². The molecule has 1 N–H and O–H groups in total. The zero-order valence-electron chi connectivity index (χ0n) is 12.3. The molecule has 3 atom stereocenters. The Bertz CT molecular complexity index is 631. The van der Waals surface area contributed by atoms with Crippen LogP contribution in [0, 0.1) is 0 Å². The molecule has 0 saturated carbocycles. The third kappa shape index (κ3) is 2.28. The van der Waals surface area contributed by atoms with Crippen molar-refractivity contribution < 1.29 is 19.1 Å². The Morgan fingerprint density at radius 1 is 1.50 bits per heavy atom. The van der Waals surface area contributed by atoms with Crippen molar-refractivity contribution in [3.8, 4) is 0 Å². The minimum absolute atomic E-state index is 0.0337. The zero-order valence-corrected chi connectivity index (χ0v) is 13.1. The molecule has 2 aliphatic rings. The molecule has 3 heterocycles. The lowest BCUT2D eigenvalue weighted by Gasteiger charge is -2.50. The Balaban J connectivity index is 2.01. The molecule has 1 saturated heterocycles. The second kappa shape index (κ2) is 5.69. The van der Waals surface area contributed by atoms with Crippen LogP contribution in [0.25, 0.3) is 5.70 Å². The third-order valence-electron chi connectivity index (χ3n) is 3.63. The molecule has 0 bridgehead atoms.